The molecular formula is C19H20ClN5O2. The number of carbonyl (C=O) groups is 1. The molecule has 0 unspecified atom stereocenters. The van der Waals surface area contributed by atoms with Crippen molar-refractivity contribution < 1.29 is 9.53 Å². The molecule has 0 fully saturated rings. The lowest BCUT2D eigenvalue weighted by molar-refractivity contribution is 0.248. The van der Waals surface area contributed by atoms with E-state index in [1.54, 1.807) is 24.3 Å². The number of anilines is 1. The van der Waals surface area contributed by atoms with Gasteiger partial charge in [0.15, 0.2) is 5.82 Å². The molecule has 8 heteroatoms. The minimum atomic E-state index is -0.363. The standard InChI is InChI=1S/C19H20ClN5O2/c1-3-27-16-7-5-4-6-15(16)22-19(26)21-12(2)17-23-18(25-24-17)13-8-10-14(20)11-9-13/h4-12H,3H2,1-2H3,(H2,21,22,26)(H,23,24,25)/t12-/m1/s1. The Morgan fingerprint density at radius 1 is 1.22 bits per heavy atom. The molecular weight excluding hydrogens is 366 g/mol. The number of ether oxygens (including phenoxy) is 1. The summed E-state index contributed by atoms with van der Waals surface area (Å²) in [7, 11) is 0. The molecule has 2 aromatic carbocycles. The van der Waals surface area contributed by atoms with E-state index in [0.717, 1.165) is 5.56 Å². The summed E-state index contributed by atoms with van der Waals surface area (Å²) in [5.41, 5.74) is 1.44. The van der Waals surface area contributed by atoms with Gasteiger partial charge in [-0.25, -0.2) is 9.78 Å². The number of hydrogen-bond acceptors (Lipinski definition) is 4. The Kier molecular flexibility index (Phi) is 5.93. The smallest absolute Gasteiger partial charge is 0.319 e. The number of urea groups is 1. The van der Waals surface area contributed by atoms with Crippen LogP contribution in [0.1, 0.15) is 25.7 Å². The quantitative estimate of drug-likeness (QED) is 0.586. The van der Waals surface area contributed by atoms with Gasteiger partial charge in [0.1, 0.15) is 11.6 Å². The molecule has 1 aromatic heterocycles. The number of nitrogens with zero attached hydrogens (tertiary/aromatic N) is 2. The largest absolute Gasteiger partial charge is 0.492 e. The molecule has 2 amide bonds. The molecule has 0 saturated heterocycles. The molecule has 0 saturated carbocycles. The van der Waals surface area contributed by atoms with Crippen LogP contribution in [0.2, 0.25) is 5.02 Å². The number of rotatable bonds is 6. The van der Waals surface area contributed by atoms with Crippen molar-refractivity contribution in [3.63, 3.8) is 0 Å². The number of benzene rings is 2. The number of aromatic amines is 1. The summed E-state index contributed by atoms with van der Waals surface area (Å²) < 4.78 is 5.51. The average molecular weight is 386 g/mol. The second-order valence-corrected chi connectivity index (χ2v) is 6.24. The predicted molar refractivity (Wildman–Crippen MR) is 105 cm³/mol. The molecule has 1 heterocycles. The Hall–Kier alpha value is -3.06. The van der Waals surface area contributed by atoms with Crippen molar-refractivity contribution in [2.24, 2.45) is 0 Å². The lowest BCUT2D eigenvalue weighted by atomic mass is 10.2. The highest BCUT2D eigenvalue weighted by molar-refractivity contribution is 6.30. The van der Waals surface area contributed by atoms with Crippen molar-refractivity contribution in [3.05, 3.63) is 59.4 Å². The molecule has 7 nitrogen and oxygen atoms in total. The van der Waals surface area contributed by atoms with Gasteiger partial charge in [0, 0.05) is 10.6 Å². The van der Waals surface area contributed by atoms with Crippen molar-refractivity contribution in [2.45, 2.75) is 19.9 Å². The Morgan fingerprint density at radius 3 is 2.70 bits per heavy atom. The van der Waals surface area contributed by atoms with Gasteiger partial charge in [0.2, 0.25) is 0 Å². The van der Waals surface area contributed by atoms with E-state index in [-0.39, 0.29) is 12.1 Å². The van der Waals surface area contributed by atoms with Gasteiger partial charge in [-0.05, 0) is 50.2 Å². The van der Waals surface area contributed by atoms with E-state index in [4.69, 9.17) is 16.3 Å². The van der Waals surface area contributed by atoms with E-state index in [1.165, 1.54) is 0 Å². The molecule has 0 aliphatic rings. The van der Waals surface area contributed by atoms with Crippen molar-refractivity contribution in [1.29, 1.82) is 0 Å². The number of aromatic nitrogens is 3. The Balaban J connectivity index is 1.64. The van der Waals surface area contributed by atoms with Crippen LogP contribution in [-0.2, 0) is 0 Å². The first-order valence-electron chi connectivity index (χ1n) is 8.54. The van der Waals surface area contributed by atoms with Crippen LogP contribution in [-0.4, -0.2) is 27.8 Å². The van der Waals surface area contributed by atoms with Crippen molar-refractivity contribution in [1.82, 2.24) is 20.5 Å². The van der Waals surface area contributed by atoms with Gasteiger partial charge in [-0.3, -0.25) is 5.10 Å². The number of para-hydroxylation sites is 2. The third-order valence-electron chi connectivity index (χ3n) is 3.80. The van der Waals surface area contributed by atoms with Gasteiger partial charge >= 0.3 is 6.03 Å². The minimum absolute atomic E-state index is 0.362. The number of H-pyrrole nitrogens is 1. The Labute approximate surface area is 162 Å². The third kappa shape index (κ3) is 4.77. The molecule has 3 N–H and O–H groups in total. The SMILES string of the molecule is CCOc1ccccc1NC(=O)N[C@H](C)c1nc(-c2ccc(Cl)cc2)n[nH]1. The molecule has 140 valence electrons. The van der Waals surface area contributed by atoms with Gasteiger partial charge in [0.05, 0.1) is 18.3 Å². The second-order valence-electron chi connectivity index (χ2n) is 5.80. The van der Waals surface area contributed by atoms with Crippen LogP contribution in [0.15, 0.2) is 48.5 Å². The van der Waals surface area contributed by atoms with Crippen LogP contribution < -0.4 is 15.4 Å². The van der Waals surface area contributed by atoms with Gasteiger partial charge in [-0.1, -0.05) is 23.7 Å². The van der Waals surface area contributed by atoms with Crippen molar-refractivity contribution in [2.75, 3.05) is 11.9 Å². The maximum absolute atomic E-state index is 12.3. The number of hydrogen-bond donors (Lipinski definition) is 3. The van der Waals surface area contributed by atoms with Crippen molar-refractivity contribution >= 4 is 23.3 Å². The highest BCUT2D eigenvalue weighted by Crippen LogP contribution is 2.24. The first kappa shape index (κ1) is 18.7. The molecule has 0 aliphatic carbocycles. The van der Waals surface area contributed by atoms with Crippen LogP contribution in [0, 0.1) is 0 Å². The van der Waals surface area contributed by atoms with Crippen LogP contribution >= 0.6 is 11.6 Å². The molecule has 0 spiro atoms. The number of halogens is 1. The predicted octanol–water partition coefficient (Wildman–Crippen LogP) is 4.41. The molecule has 0 radical (unpaired) electrons. The van der Waals surface area contributed by atoms with E-state index in [9.17, 15) is 4.79 Å². The van der Waals surface area contributed by atoms with E-state index in [0.29, 0.717) is 34.7 Å². The third-order valence-corrected chi connectivity index (χ3v) is 4.05. The fourth-order valence-electron chi connectivity index (χ4n) is 2.47. The fourth-order valence-corrected chi connectivity index (χ4v) is 2.60. The van der Waals surface area contributed by atoms with E-state index >= 15 is 0 Å². The van der Waals surface area contributed by atoms with Crippen LogP contribution in [0.5, 0.6) is 5.75 Å². The first-order chi connectivity index (χ1) is 13.1. The van der Waals surface area contributed by atoms with Gasteiger partial charge in [-0.15, -0.1) is 0 Å². The zero-order valence-corrected chi connectivity index (χ0v) is 15.7. The van der Waals surface area contributed by atoms with Gasteiger partial charge in [0.25, 0.3) is 0 Å². The molecule has 27 heavy (non-hydrogen) atoms. The fraction of sp³-hybridized carbons (Fsp3) is 0.211. The monoisotopic (exact) mass is 385 g/mol. The summed E-state index contributed by atoms with van der Waals surface area (Å²) in [4.78, 5) is 16.8. The highest BCUT2D eigenvalue weighted by Gasteiger charge is 2.15. The molecule has 1 atom stereocenters. The summed E-state index contributed by atoms with van der Waals surface area (Å²) in [6.07, 6.45) is 0. The summed E-state index contributed by atoms with van der Waals surface area (Å²) in [5.74, 6) is 1.71. The summed E-state index contributed by atoms with van der Waals surface area (Å²) >= 11 is 5.90. The number of carbonyl (C=O) groups excluding carboxylic acids is 1. The number of amides is 2. The second kappa shape index (κ2) is 8.55. The summed E-state index contributed by atoms with van der Waals surface area (Å²) in [6, 6.07) is 13.8. The number of nitrogens with one attached hydrogen (secondary N) is 3. The summed E-state index contributed by atoms with van der Waals surface area (Å²) in [5, 5.41) is 13.3. The topological polar surface area (TPSA) is 91.9 Å². The van der Waals surface area contributed by atoms with E-state index < -0.39 is 0 Å². The van der Waals surface area contributed by atoms with Crippen LogP contribution in [0.25, 0.3) is 11.4 Å². The van der Waals surface area contributed by atoms with Crippen LogP contribution in [0.4, 0.5) is 10.5 Å². The lowest BCUT2D eigenvalue weighted by Crippen LogP contribution is -2.31. The molecule has 0 bridgehead atoms. The normalized spacial score (nSPS) is 11.7. The van der Waals surface area contributed by atoms with E-state index in [2.05, 4.69) is 25.8 Å². The molecule has 0 aliphatic heterocycles. The zero-order valence-electron chi connectivity index (χ0n) is 15.0. The van der Waals surface area contributed by atoms with Crippen LogP contribution in [0.3, 0.4) is 0 Å². The lowest BCUT2D eigenvalue weighted by Gasteiger charge is -2.14. The van der Waals surface area contributed by atoms with Gasteiger partial charge < -0.3 is 15.4 Å². The maximum Gasteiger partial charge on any atom is 0.319 e. The first-order valence-corrected chi connectivity index (χ1v) is 8.92. The molecule has 3 rings (SSSR count). The summed E-state index contributed by atoms with van der Waals surface area (Å²) in [6.45, 7) is 4.23. The maximum atomic E-state index is 12.3. The van der Waals surface area contributed by atoms with Crippen molar-refractivity contribution in [3.8, 4) is 17.1 Å². The highest BCUT2D eigenvalue weighted by atomic mass is 35.5. The van der Waals surface area contributed by atoms with E-state index in [1.807, 2.05) is 38.1 Å². The van der Waals surface area contributed by atoms with Gasteiger partial charge in [-0.2, -0.15) is 5.10 Å². The average Bonchev–Trinajstić information content (AvgIpc) is 3.14. The Morgan fingerprint density at radius 2 is 1.96 bits per heavy atom. The molecule has 3 aromatic rings. The zero-order chi connectivity index (χ0) is 19.2. The Bertz CT molecular complexity index is 910. The minimum Gasteiger partial charge on any atom is -0.492 e.